The van der Waals surface area contributed by atoms with Crippen molar-refractivity contribution in [1.82, 2.24) is 19.1 Å². The Bertz CT molecular complexity index is 1220. The van der Waals surface area contributed by atoms with Crippen molar-refractivity contribution in [3.05, 3.63) is 73.3 Å². The van der Waals surface area contributed by atoms with Crippen molar-refractivity contribution in [3.63, 3.8) is 0 Å². The molecule has 156 valence electrons. The summed E-state index contributed by atoms with van der Waals surface area (Å²) in [5.74, 6) is 0.310. The summed E-state index contributed by atoms with van der Waals surface area (Å²) in [5, 5.41) is 2.88. The van der Waals surface area contributed by atoms with E-state index in [1.165, 1.54) is 0 Å². The van der Waals surface area contributed by atoms with Crippen LogP contribution in [-0.2, 0) is 16.1 Å². The summed E-state index contributed by atoms with van der Waals surface area (Å²) in [7, 11) is 0. The standard InChI is InChI=1S/C23H22N6O2/c30-21(25-17-7-2-1-3-8-17)15-20-22(31)28(13-6-12-27-14-11-24-16-27)23-26-18-9-4-5-10-19(18)29(20)23/h1-5,7-11,14,16,20H,6,12-13,15H2,(H,25,30)/t20-/m1/s1. The molecule has 0 saturated carbocycles. The number of anilines is 2. The fourth-order valence-corrected chi connectivity index (χ4v) is 4.05. The van der Waals surface area contributed by atoms with Crippen LogP contribution >= 0.6 is 0 Å². The van der Waals surface area contributed by atoms with E-state index < -0.39 is 6.04 Å². The highest BCUT2D eigenvalue weighted by Gasteiger charge is 2.40. The van der Waals surface area contributed by atoms with E-state index in [4.69, 9.17) is 4.98 Å². The first-order valence-electron chi connectivity index (χ1n) is 10.3. The van der Waals surface area contributed by atoms with Gasteiger partial charge >= 0.3 is 0 Å². The molecule has 1 aliphatic rings. The van der Waals surface area contributed by atoms with Gasteiger partial charge in [-0.3, -0.25) is 19.1 Å². The van der Waals surface area contributed by atoms with Crippen molar-refractivity contribution in [2.24, 2.45) is 0 Å². The van der Waals surface area contributed by atoms with E-state index in [0.29, 0.717) is 18.2 Å². The fourth-order valence-electron chi connectivity index (χ4n) is 4.05. The molecule has 0 fully saturated rings. The molecule has 0 radical (unpaired) electrons. The molecule has 3 heterocycles. The second-order valence-electron chi connectivity index (χ2n) is 7.55. The van der Waals surface area contributed by atoms with Crippen LogP contribution in [0.5, 0.6) is 0 Å². The Balaban J connectivity index is 1.39. The smallest absolute Gasteiger partial charge is 0.253 e. The van der Waals surface area contributed by atoms with Crippen LogP contribution in [0.15, 0.2) is 73.3 Å². The van der Waals surface area contributed by atoms with Gasteiger partial charge in [0.05, 0.1) is 23.8 Å². The predicted molar refractivity (Wildman–Crippen MR) is 118 cm³/mol. The van der Waals surface area contributed by atoms with E-state index in [-0.39, 0.29) is 18.2 Å². The lowest BCUT2D eigenvalue weighted by molar-refractivity contribution is -0.124. The first-order valence-corrected chi connectivity index (χ1v) is 10.3. The monoisotopic (exact) mass is 414 g/mol. The molecule has 4 aromatic rings. The summed E-state index contributed by atoms with van der Waals surface area (Å²) in [5.41, 5.74) is 2.39. The molecule has 0 bridgehead atoms. The molecule has 8 heteroatoms. The number of benzene rings is 2. The Hall–Kier alpha value is -3.94. The number of carbonyl (C=O) groups excluding carboxylic acids is 2. The van der Waals surface area contributed by atoms with Gasteiger partial charge in [-0.2, -0.15) is 0 Å². The highest BCUT2D eigenvalue weighted by atomic mass is 16.2. The zero-order valence-corrected chi connectivity index (χ0v) is 16.9. The van der Waals surface area contributed by atoms with Gasteiger partial charge < -0.3 is 9.88 Å². The van der Waals surface area contributed by atoms with Gasteiger partial charge in [-0.05, 0) is 30.7 Å². The lowest BCUT2D eigenvalue weighted by Crippen LogP contribution is -2.32. The largest absolute Gasteiger partial charge is 0.337 e. The van der Waals surface area contributed by atoms with Crippen molar-refractivity contribution in [3.8, 4) is 0 Å². The minimum atomic E-state index is -0.612. The van der Waals surface area contributed by atoms with E-state index >= 15 is 0 Å². The normalized spacial score (nSPS) is 15.4. The van der Waals surface area contributed by atoms with Crippen molar-refractivity contribution in [2.45, 2.75) is 25.4 Å². The van der Waals surface area contributed by atoms with Gasteiger partial charge in [0.1, 0.15) is 6.04 Å². The van der Waals surface area contributed by atoms with Crippen LogP contribution in [0.25, 0.3) is 11.0 Å². The maximum atomic E-state index is 13.3. The van der Waals surface area contributed by atoms with Gasteiger partial charge in [0, 0.05) is 31.2 Å². The molecule has 5 rings (SSSR count). The molecule has 31 heavy (non-hydrogen) atoms. The van der Waals surface area contributed by atoms with Crippen molar-refractivity contribution >= 4 is 34.5 Å². The van der Waals surface area contributed by atoms with E-state index in [9.17, 15) is 9.59 Å². The third-order valence-corrected chi connectivity index (χ3v) is 5.47. The van der Waals surface area contributed by atoms with Gasteiger partial charge in [0.25, 0.3) is 5.91 Å². The topological polar surface area (TPSA) is 85.1 Å². The zero-order chi connectivity index (χ0) is 21.2. The molecule has 0 unspecified atom stereocenters. The Morgan fingerprint density at radius 2 is 1.84 bits per heavy atom. The van der Waals surface area contributed by atoms with Crippen LogP contribution in [0, 0.1) is 0 Å². The molecule has 8 nitrogen and oxygen atoms in total. The van der Waals surface area contributed by atoms with Gasteiger partial charge in [-0.15, -0.1) is 0 Å². The average Bonchev–Trinajstić information content (AvgIpc) is 3.48. The van der Waals surface area contributed by atoms with Crippen LogP contribution in [0.3, 0.4) is 0 Å². The molecule has 0 aliphatic carbocycles. The Morgan fingerprint density at radius 3 is 2.65 bits per heavy atom. The van der Waals surface area contributed by atoms with Crippen molar-refractivity contribution in [2.75, 3.05) is 16.8 Å². The molecule has 1 aliphatic heterocycles. The van der Waals surface area contributed by atoms with E-state index in [1.807, 2.05) is 69.9 Å². The second kappa shape index (κ2) is 8.06. The molecule has 2 aromatic heterocycles. The number of imidazole rings is 2. The third kappa shape index (κ3) is 3.68. The second-order valence-corrected chi connectivity index (χ2v) is 7.55. The molecule has 0 spiro atoms. The highest BCUT2D eigenvalue weighted by molar-refractivity contribution is 6.05. The van der Waals surface area contributed by atoms with Gasteiger partial charge in [-0.25, -0.2) is 9.97 Å². The first-order chi connectivity index (χ1) is 15.2. The number of hydrogen-bond acceptors (Lipinski definition) is 4. The summed E-state index contributed by atoms with van der Waals surface area (Å²) < 4.78 is 3.88. The Morgan fingerprint density at radius 1 is 1.03 bits per heavy atom. The van der Waals surface area contributed by atoms with Crippen LogP contribution in [-0.4, -0.2) is 37.5 Å². The summed E-state index contributed by atoms with van der Waals surface area (Å²) >= 11 is 0. The molecule has 0 saturated heterocycles. The zero-order valence-electron chi connectivity index (χ0n) is 16.9. The summed E-state index contributed by atoms with van der Waals surface area (Å²) in [6.45, 7) is 1.28. The van der Waals surface area contributed by atoms with Gasteiger partial charge in [0.2, 0.25) is 11.9 Å². The maximum absolute atomic E-state index is 13.3. The van der Waals surface area contributed by atoms with Crippen LogP contribution in [0.1, 0.15) is 18.9 Å². The van der Waals surface area contributed by atoms with E-state index in [2.05, 4.69) is 10.3 Å². The molecular formula is C23H22N6O2. The number of nitrogens with zero attached hydrogens (tertiary/aromatic N) is 5. The third-order valence-electron chi connectivity index (χ3n) is 5.47. The fraction of sp³-hybridized carbons (Fsp3) is 0.217. The minimum absolute atomic E-state index is 0.0547. The number of amides is 2. The number of aryl methyl sites for hydroxylation is 1. The average molecular weight is 414 g/mol. The predicted octanol–water partition coefficient (Wildman–Crippen LogP) is 3.24. The Kier molecular flexibility index (Phi) is 4.95. The van der Waals surface area contributed by atoms with Crippen molar-refractivity contribution < 1.29 is 9.59 Å². The lowest BCUT2D eigenvalue weighted by atomic mass is 10.1. The number of fused-ring (bicyclic) bond motifs is 3. The molecule has 1 atom stereocenters. The quantitative estimate of drug-likeness (QED) is 0.503. The van der Waals surface area contributed by atoms with E-state index in [1.54, 1.807) is 17.4 Å². The van der Waals surface area contributed by atoms with Crippen LogP contribution < -0.4 is 10.2 Å². The number of nitrogens with one attached hydrogen (secondary N) is 1. The SMILES string of the molecule is O=C(C[C@@H]1C(=O)N(CCCn2ccnc2)c2nc3ccccc3n21)Nc1ccccc1. The van der Waals surface area contributed by atoms with E-state index in [0.717, 1.165) is 24.0 Å². The lowest BCUT2D eigenvalue weighted by Gasteiger charge is -2.16. The molecular weight excluding hydrogens is 392 g/mol. The highest BCUT2D eigenvalue weighted by Crippen LogP contribution is 2.36. The number of carbonyl (C=O) groups is 2. The summed E-state index contributed by atoms with van der Waals surface area (Å²) in [4.78, 5) is 36.5. The molecule has 1 N–H and O–H groups in total. The minimum Gasteiger partial charge on any atom is -0.337 e. The number of para-hydroxylation sites is 3. The molecule has 2 amide bonds. The summed E-state index contributed by atoms with van der Waals surface area (Å²) in [6, 6.07) is 16.4. The van der Waals surface area contributed by atoms with Crippen LogP contribution in [0.2, 0.25) is 0 Å². The Labute approximate surface area is 179 Å². The van der Waals surface area contributed by atoms with Crippen LogP contribution in [0.4, 0.5) is 11.6 Å². The number of hydrogen-bond donors (Lipinski definition) is 1. The summed E-state index contributed by atoms with van der Waals surface area (Å²) in [6.07, 6.45) is 6.21. The van der Waals surface area contributed by atoms with Gasteiger partial charge in [-0.1, -0.05) is 30.3 Å². The number of rotatable bonds is 7. The van der Waals surface area contributed by atoms with Crippen molar-refractivity contribution in [1.29, 1.82) is 0 Å². The first kappa shape index (κ1) is 19.0. The molecule has 2 aromatic carbocycles. The van der Waals surface area contributed by atoms with Gasteiger partial charge in [0.15, 0.2) is 0 Å². The number of aromatic nitrogens is 4. The maximum Gasteiger partial charge on any atom is 0.253 e.